The van der Waals surface area contributed by atoms with Crippen molar-refractivity contribution in [1.82, 2.24) is 0 Å². The van der Waals surface area contributed by atoms with Crippen LogP contribution in [0.15, 0.2) is 29.3 Å². The summed E-state index contributed by atoms with van der Waals surface area (Å²) in [5, 5.41) is 0. The summed E-state index contributed by atoms with van der Waals surface area (Å²) >= 11 is 0. The molecule has 0 bridgehead atoms. The minimum atomic E-state index is 0.643. The van der Waals surface area contributed by atoms with Gasteiger partial charge in [-0.05, 0) is 44.2 Å². The van der Waals surface area contributed by atoms with Crippen molar-refractivity contribution in [3.05, 3.63) is 29.8 Å². The van der Waals surface area contributed by atoms with Gasteiger partial charge in [-0.1, -0.05) is 32.0 Å². The zero-order chi connectivity index (χ0) is 11.3. The summed E-state index contributed by atoms with van der Waals surface area (Å²) in [5.74, 6) is 0.643. The van der Waals surface area contributed by atoms with Crippen LogP contribution < -0.4 is 0 Å². The molecule has 1 aromatic carbocycles. The van der Waals surface area contributed by atoms with Gasteiger partial charge in [-0.25, -0.2) is 0 Å². The Hall–Kier alpha value is -1.11. The molecule has 0 spiro atoms. The zero-order valence-corrected chi connectivity index (χ0v) is 10.2. The number of hydrogen-bond donors (Lipinski definition) is 0. The molecule has 0 unspecified atom stereocenters. The topological polar surface area (TPSA) is 12.4 Å². The fraction of sp³-hybridized carbons (Fsp3) is 0.500. The van der Waals surface area contributed by atoms with Crippen LogP contribution in [-0.2, 0) is 0 Å². The highest BCUT2D eigenvalue weighted by Crippen LogP contribution is 2.31. The molecule has 82 valence electrons. The zero-order valence-electron chi connectivity index (χ0n) is 10.2. The van der Waals surface area contributed by atoms with Crippen molar-refractivity contribution >= 4 is 11.4 Å². The lowest BCUT2D eigenvalue weighted by Gasteiger charge is -2.15. The second-order valence-corrected chi connectivity index (χ2v) is 4.13. The molecule has 0 aliphatic carbocycles. The van der Waals surface area contributed by atoms with Gasteiger partial charge in [0.1, 0.15) is 0 Å². The maximum atomic E-state index is 4.59. The first-order valence-electron chi connectivity index (χ1n) is 5.79. The molecule has 0 amide bonds. The predicted molar refractivity (Wildman–Crippen MR) is 68.2 cm³/mol. The molecular weight excluding hydrogens is 182 g/mol. The van der Waals surface area contributed by atoms with E-state index in [9.17, 15) is 0 Å². The van der Waals surface area contributed by atoms with Gasteiger partial charge in [-0.3, -0.25) is 4.99 Å². The summed E-state index contributed by atoms with van der Waals surface area (Å²) in [5.41, 5.74) is 3.66. The van der Waals surface area contributed by atoms with Crippen LogP contribution in [0.25, 0.3) is 0 Å². The highest BCUT2D eigenvalue weighted by molar-refractivity contribution is 5.82. The van der Waals surface area contributed by atoms with E-state index in [0.717, 1.165) is 11.4 Å². The summed E-state index contributed by atoms with van der Waals surface area (Å²) in [6.07, 6.45) is 2.37. The van der Waals surface area contributed by atoms with Gasteiger partial charge in [-0.15, -0.1) is 0 Å². The molecule has 0 aromatic heterocycles. The average Bonchev–Trinajstić information content (AvgIpc) is 2.21. The summed E-state index contributed by atoms with van der Waals surface area (Å²) in [4.78, 5) is 4.59. The number of hydrogen-bond acceptors (Lipinski definition) is 1. The van der Waals surface area contributed by atoms with Gasteiger partial charge in [-0.2, -0.15) is 0 Å². The predicted octanol–water partition coefficient (Wildman–Crippen LogP) is 4.70. The van der Waals surface area contributed by atoms with E-state index in [1.54, 1.807) is 0 Å². The van der Waals surface area contributed by atoms with Crippen LogP contribution in [0.1, 0.15) is 52.0 Å². The fourth-order valence-electron chi connectivity index (χ4n) is 1.90. The molecule has 0 radical (unpaired) electrons. The lowest BCUT2D eigenvalue weighted by atomic mass is 9.92. The molecule has 1 aromatic rings. The molecule has 0 atom stereocenters. The van der Waals surface area contributed by atoms with Gasteiger partial charge in [0.25, 0.3) is 0 Å². The van der Waals surface area contributed by atoms with Gasteiger partial charge in [0, 0.05) is 5.71 Å². The molecule has 0 N–H and O–H groups in total. The largest absolute Gasteiger partial charge is 0.258 e. The normalized spacial score (nSPS) is 10.5. The van der Waals surface area contributed by atoms with Crippen molar-refractivity contribution < 1.29 is 0 Å². The minimum absolute atomic E-state index is 0.643. The quantitative estimate of drug-likeness (QED) is 0.629. The third-order valence-electron chi connectivity index (χ3n) is 2.71. The van der Waals surface area contributed by atoms with Crippen molar-refractivity contribution in [2.24, 2.45) is 4.99 Å². The molecule has 0 fully saturated rings. The molecule has 0 aliphatic heterocycles. The summed E-state index contributed by atoms with van der Waals surface area (Å²) in [6.45, 7) is 8.58. The SMILES string of the molecule is CCC(CC)c1ccccc1N=C(C)C. The Morgan fingerprint density at radius 3 is 2.27 bits per heavy atom. The van der Waals surface area contributed by atoms with E-state index in [0.29, 0.717) is 5.92 Å². The lowest BCUT2D eigenvalue weighted by molar-refractivity contribution is 0.643. The van der Waals surface area contributed by atoms with Gasteiger partial charge in [0.2, 0.25) is 0 Å². The van der Waals surface area contributed by atoms with E-state index >= 15 is 0 Å². The fourth-order valence-corrected chi connectivity index (χ4v) is 1.90. The molecule has 0 heterocycles. The Morgan fingerprint density at radius 2 is 1.73 bits per heavy atom. The van der Waals surface area contributed by atoms with Crippen LogP contribution >= 0.6 is 0 Å². The van der Waals surface area contributed by atoms with Crippen molar-refractivity contribution in [3.63, 3.8) is 0 Å². The summed E-state index contributed by atoms with van der Waals surface area (Å²) in [7, 11) is 0. The molecule has 1 heteroatoms. The third kappa shape index (κ3) is 3.19. The molecule has 0 aliphatic rings. The summed E-state index contributed by atoms with van der Waals surface area (Å²) in [6, 6.07) is 8.49. The first-order valence-corrected chi connectivity index (χ1v) is 5.79. The maximum Gasteiger partial charge on any atom is 0.0663 e. The van der Waals surface area contributed by atoms with Crippen molar-refractivity contribution in [2.75, 3.05) is 0 Å². The number of nitrogens with zero attached hydrogens (tertiary/aromatic N) is 1. The van der Waals surface area contributed by atoms with Gasteiger partial charge in [0.05, 0.1) is 5.69 Å². The minimum Gasteiger partial charge on any atom is -0.258 e. The Balaban J connectivity index is 3.10. The maximum absolute atomic E-state index is 4.59. The van der Waals surface area contributed by atoms with Crippen LogP contribution in [0.5, 0.6) is 0 Å². The summed E-state index contributed by atoms with van der Waals surface area (Å²) < 4.78 is 0. The van der Waals surface area contributed by atoms with E-state index in [2.05, 4.69) is 43.1 Å². The van der Waals surface area contributed by atoms with E-state index in [4.69, 9.17) is 0 Å². The second kappa shape index (κ2) is 5.69. The Labute approximate surface area is 93.2 Å². The highest BCUT2D eigenvalue weighted by Gasteiger charge is 2.10. The van der Waals surface area contributed by atoms with E-state index in [-0.39, 0.29) is 0 Å². The lowest BCUT2D eigenvalue weighted by Crippen LogP contribution is -1.96. The Morgan fingerprint density at radius 1 is 1.13 bits per heavy atom. The number of benzene rings is 1. The Bertz CT molecular complexity index is 331. The van der Waals surface area contributed by atoms with Crippen LogP contribution in [-0.4, -0.2) is 5.71 Å². The van der Waals surface area contributed by atoms with E-state index in [1.165, 1.54) is 18.4 Å². The molecular formula is C14H21N. The van der Waals surface area contributed by atoms with Gasteiger partial charge >= 0.3 is 0 Å². The van der Waals surface area contributed by atoms with Gasteiger partial charge < -0.3 is 0 Å². The standard InChI is InChI=1S/C14H21N/c1-5-12(6-2)13-9-7-8-10-14(13)15-11(3)4/h7-10,12H,5-6H2,1-4H3. The van der Waals surface area contributed by atoms with Crippen LogP contribution in [0.3, 0.4) is 0 Å². The third-order valence-corrected chi connectivity index (χ3v) is 2.71. The van der Waals surface area contributed by atoms with Crippen LogP contribution in [0.2, 0.25) is 0 Å². The van der Waals surface area contributed by atoms with E-state index < -0.39 is 0 Å². The molecule has 0 saturated heterocycles. The molecule has 0 saturated carbocycles. The number of rotatable bonds is 4. The molecule has 15 heavy (non-hydrogen) atoms. The average molecular weight is 203 g/mol. The van der Waals surface area contributed by atoms with Crippen molar-refractivity contribution in [1.29, 1.82) is 0 Å². The Kier molecular flexibility index (Phi) is 4.54. The molecule has 1 rings (SSSR count). The number of para-hydroxylation sites is 1. The van der Waals surface area contributed by atoms with Crippen molar-refractivity contribution in [2.45, 2.75) is 46.5 Å². The monoisotopic (exact) mass is 203 g/mol. The highest BCUT2D eigenvalue weighted by atomic mass is 14.7. The first kappa shape index (κ1) is 12.0. The smallest absolute Gasteiger partial charge is 0.0663 e. The van der Waals surface area contributed by atoms with Gasteiger partial charge in [0.15, 0.2) is 0 Å². The van der Waals surface area contributed by atoms with Crippen molar-refractivity contribution in [3.8, 4) is 0 Å². The first-order chi connectivity index (χ1) is 7.19. The van der Waals surface area contributed by atoms with Crippen LogP contribution in [0, 0.1) is 0 Å². The second-order valence-electron chi connectivity index (χ2n) is 4.13. The van der Waals surface area contributed by atoms with Crippen LogP contribution in [0.4, 0.5) is 5.69 Å². The molecule has 1 nitrogen and oxygen atoms in total. The van der Waals surface area contributed by atoms with E-state index in [1.807, 2.05) is 13.8 Å². The number of aliphatic imine (C=N–C) groups is 1.